The second-order valence-electron chi connectivity index (χ2n) is 10.1. The van der Waals surface area contributed by atoms with Gasteiger partial charge in [0.25, 0.3) is 0 Å². The summed E-state index contributed by atoms with van der Waals surface area (Å²) in [7, 11) is 0. The Morgan fingerprint density at radius 3 is 1.95 bits per heavy atom. The van der Waals surface area contributed by atoms with E-state index in [1.807, 2.05) is 6.20 Å². The summed E-state index contributed by atoms with van der Waals surface area (Å²) in [5.41, 5.74) is 5.70. The summed E-state index contributed by atoms with van der Waals surface area (Å²) >= 11 is 1.75. The molecule has 2 heterocycles. The molecule has 0 aliphatic rings. The third kappa shape index (κ3) is 3.75. The number of thiophene rings is 1. The summed E-state index contributed by atoms with van der Waals surface area (Å²) in [6, 6.07) is 50.0. The number of hydrogen-bond donors (Lipinski definition) is 0. The second-order valence-corrected chi connectivity index (χ2v) is 11.1. The van der Waals surface area contributed by atoms with Crippen molar-refractivity contribution in [3.8, 4) is 11.1 Å². The average Bonchev–Trinajstić information content (AvgIpc) is 3.40. The van der Waals surface area contributed by atoms with Crippen LogP contribution in [0.5, 0.6) is 0 Å². The fourth-order valence-electron chi connectivity index (χ4n) is 5.80. The zero-order valence-electron chi connectivity index (χ0n) is 21.7. The van der Waals surface area contributed by atoms with Gasteiger partial charge in [0.2, 0.25) is 0 Å². The molecule has 0 amide bonds. The minimum atomic E-state index is 1.05. The lowest BCUT2D eigenvalue weighted by molar-refractivity contribution is 1.27. The van der Waals surface area contributed by atoms with Crippen molar-refractivity contribution in [2.24, 2.45) is 0 Å². The molecule has 40 heavy (non-hydrogen) atoms. The van der Waals surface area contributed by atoms with Gasteiger partial charge in [0, 0.05) is 26.5 Å². The number of hydrogen-bond acceptors (Lipinski definition) is 3. The van der Waals surface area contributed by atoms with Crippen molar-refractivity contribution in [2.45, 2.75) is 0 Å². The number of rotatable bonds is 4. The fraction of sp³-hybridized carbons (Fsp3) is 0. The van der Waals surface area contributed by atoms with Crippen LogP contribution in [0.25, 0.3) is 53.0 Å². The highest BCUT2D eigenvalue weighted by molar-refractivity contribution is 7.25. The van der Waals surface area contributed by atoms with E-state index in [1.54, 1.807) is 11.3 Å². The second kappa shape index (κ2) is 9.33. The summed E-state index contributed by atoms with van der Waals surface area (Å²) in [4.78, 5) is 8.40. The van der Waals surface area contributed by atoms with Gasteiger partial charge in [0.05, 0.1) is 17.6 Å². The maximum atomic E-state index is 4.97. The predicted molar refractivity (Wildman–Crippen MR) is 172 cm³/mol. The number of benzene rings is 6. The van der Waals surface area contributed by atoms with Crippen molar-refractivity contribution in [3.63, 3.8) is 0 Å². The number of aromatic nitrogens is 1. The Morgan fingerprint density at radius 2 is 1.12 bits per heavy atom. The molecule has 0 saturated heterocycles. The van der Waals surface area contributed by atoms with E-state index in [0.717, 1.165) is 21.9 Å². The summed E-state index contributed by atoms with van der Waals surface area (Å²) in [5.74, 6) is 0. The van der Waals surface area contributed by atoms with Crippen LogP contribution in [0.4, 0.5) is 17.1 Å². The van der Waals surface area contributed by atoms with E-state index in [1.165, 1.54) is 48.1 Å². The molecule has 6 aromatic carbocycles. The quantitative estimate of drug-likeness (QED) is 0.211. The van der Waals surface area contributed by atoms with E-state index in [4.69, 9.17) is 4.98 Å². The first-order valence-electron chi connectivity index (χ1n) is 13.5. The van der Waals surface area contributed by atoms with Crippen molar-refractivity contribution < 1.29 is 0 Å². The maximum absolute atomic E-state index is 4.97. The molecule has 2 aromatic heterocycles. The molecule has 0 atom stereocenters. The van der Waals surface area contributed by atoms with Gasteiger partial charge in [-0.3, -0.25) is 0 Å². The molecule has 8 aromatic rings. The van der Waals surface area contributed by atoms with Gasteiger partial charge in [0.15, 0.2) is 0 Å². The molecule has 3 heteroatoms. The summed E-state index contributed by atoms with van der Waals surface area (Å²) in [5, 5.41) is 7.38. The van der Waals surface area contributed by atoms with Crippen molar-refractivity contribution >= 4 is 70.2 Å². The molecular weight excluding hydrogens is 504 g/mol. The zero-order chi connectivity index (χ0) is 26.5. The Morgan fingerprint density at radius 1 is 0.475 bits per heavy atom. The molecule has 0 N–H and O–H groups in total. The minimum absolute atomic E-state index is 1.05. The van der Waals surface area contributed by atoms with Gasteiger partial charge in [-0.05, 0) is 57.6 Å². The Labute approximate surface area is 236 Å². The van der Waals surface area contributed by atoms with Crippen molar-refractivity contribution in [1.29, 1.82) is 0 Å². The van der Waals surface area contributed by atoms with Gasteiger partial charge >= 0.3 is 0 Å². The third-order valence-electron chi connectivity index (χ3n) is 7.70. The zero-order valence-corrected chi connectivity index (χ0v) is 22.5. The van der Waals surface area contributed by atoms with Gasteiger partial charge in [0.1, 0.15) is 4.83 Å². The lowest BCUT2D eigenvalue weighted by atomic mass is 9.98. The van der Waals surface area contributed by atoms with E-state index in [2.05, 4.69) is 144 Å². The standard InChI is InChI=1S/C37H24N2S/c1-2-10-25(11-3-1)26-18-20-28(21-19-26)39(29-23-34-33-16-8-9-17-36(33)40-37(34)38-24-29)35-22-27-12-4-5-13-30(27)31-14-6-7-15-32(31)35/h1-24H. The van der Waals surface area contributed by atoms with E-state index in [9.17, 15) is 0 Å². The Bertz CT molecular complexity index is 2160. The van der Waals surface area contributed by atoms with Crippen LogP contribution in [-0.2, 0) is 0 Å². The number of pyridine rings is 1. The monoisotopic (exact) mass is 528 g/mol. The van der Waals surface area contributed by atoms with E-state index < -0.39 is 0 Å². The largest absolute Gasteiger partial charge is 0.308 e. The topological polar surface area (TPSA) is 16.1 Å². The van der Waals surface area contributed by atoms with Crippen molar-refractivity contribution in [3.05, 3.63) is 146 Å². The van der Waals surface area contributed by atoms with Gasteiger partial charge in [-0.1, -0.05) is 109 Å². The molecule has 188 valence electrons. The Hall–Kier alpha value is -4.99. The number of fused-ring (bicyclic) bond motifs is 6. The Kier molecular flexibility index (Phi) is 5.35. The number of nitrogens with zero attached hydrogens (tertiary/aromatic N) is 2. The highest BCUT2D eigenvalue weighted by Gasteiger charge is 2.19. The smallest absolute Gasteiger partial charge is 0.124 e. The normalized spacial score (nSPS) is 11.5. The molecule has 0 spiro atoms. The molecular formula is C37H24N2S. The molecule has 8 rings (SSSR count). The van der Waals surface area contributed by atoms with Crippen LogP contribution in [0.3, 0.4) is 0 Å². The SMILES string of the molecule is c1ccc(-c2ccc(N(c3cnc4sc5ccccc5c4c3)c3cc4ccccc4c4ccccc34)cc2)cc1. The van der Waals surface area contributed by atoms with Crippen LogP contribution in [0.1, 0.15) is 0 Å². The molecule has 0 radical (unpaired) electrons. The van der Waals surface area contributed by atoms with E-state index in [-0.39, 0.29) is 0 Å². The summed E-state index contributed by atoms with van der Waals surface area (Å²) in [6.07, 6.45) is 2.02. The maximum Gasteiger partial charge on any atom is 0.124 e. The lowest BCUT2D eigenvalue weighted by Crippen LogP contribution is -2.11. The molecule has 0 aliphatic carbocycles. The van der Waals surface area contributed by atoms with E-state index in [0.29, 0.717) is 0 Å². The average molecular weight is 529 g/mol. The van der Waals surface area contributed by atoms with Crippen LogP contribution < -0.4 is 4.90 Å². The van der Waals surface area contributed by atoms with Crippen LogP contribution in [-0.4, -0.2) is 4.98 Å². The van der Waals surface area contributed by atoms with Gasteiger partial charge in [-0.15, -0.1) is 11.3 Å². The first-order chi connectivity index (χ1) is 19.8. The van der Waals surface area contributed by atoms with Gasteiger partial charge < -0.3 is 4.90 Å². The minimum Gasteiger partial charge on any atom is -0.308 e. The summed E-state index contributed by atoms with van der Waals surface area (Å²) < 4.78 is 1.26. The van der Waals surface area contributed by atoms with Crippen LogP contribution in [0.15, 0.2) is 146 Å². The first-order valence-corrected chi connectivity index (χ1v) is 14.3. The predicted octanol–water partition coefficient (Wildman–Crippen LogP) is 10.9. The van der Waals surface area contributed by atoms with Crippen LogP contribution in [0.2, 0.25) is 0 Å². The highest BCUT2D eigenvalue weighted by atomic mass is 32.1. The first kappa shape index (κ1) is 22.9. The van der Waals surface area contributed by atoms with Gasteiger partial charge in [-0.2, -0.15) is 0 Å². The third-order valence-corrected chi connectivity index (χ3v) is 8.79. The summed E-state index contributed by atoms with van der Waals surface area (Å²) in [6.45, 7) is 0. The number of anilines is 3. The molecule has 2 nitrogen and oxygen atoms in total. The van der Waals surface area contributed by atoms with Crippen molar-refractivity contribution in [1.82, 2.24) is 4.98 Å². The molecule has 0 fully saturated rings. The van der Waals surface area contributed by atoms with Crippen LogP contribution >= 0.6 is 11.3 Å². The fourth-order valence-corrected chi connectivity index (χ4v) is 6.83. The van der Waals surface area contributed by atoms with Crippen molar-refractivity contribution in [2.75, 3.05) is 4.90 Å². The van der Waals surface area contributed by atoms with Crippen LogP contribution in [0, 0.1) is 0 Å². The lowest BCUT2D eigenvalue weighted by Gasteiger charge is -2.27. The van der Waals surface area contributed by atoms with E-state index >= 15 is 0 Å². The Balaban J connectivity index is 1.39. The highest BCUT2D eigenvalue weighted by Crippen LogP contribution is 2.44. The molecule has 0 unspecified atom stereocenters. The molecule has 0 saturated carbocycles. The van der Waals surface area contributed by atoms with Gasteiger partial charge in [-0.25, -0.2) is 4.98 Å². The molecule has 0 bridgehead atoms. The molecule has 0 aliphatic heterocycles.